The number of nitro groups is 1. The molecule has 3 aromatic rings. The van der Waals surface area contributed by atoms with Gasteiger partial charge in [0.25, 0.3) is 17.5 Å². The third-order valence-corrected chi connectivity index (χ3v) is 5.58. The molecular weight excluding hydrogens is 410 g/mol. The molecule has 1 aliphatic rings. The third-order valence-electron chi connectivity index (χ3n) is 5.58. The van der Waals surface area contributed by atoms with Crippen LogP contribution in [0, 0.1) is 10.1 Å². The molecule has 1 aromatic heterocycles. The molecule has 2 aromatic carbocycles. The maximum absolute atomic E-state index is 12.9. The van der Waals surface area contributed by atoms with Gasteiger partial charge < -0.3 is 9.80 Å². The lowest BCUT2D eigenvalue weighted by Crippen LogP contribution is -2.50. The van der Waals surface area contributed by atoms with Crippen molar-refractivity contribution < 1.29 is 14.5 Å². The number of aromatic nitrogens is 2. The Morgan fingerprint density at radius 1 is 0.969 bits per heavy atom. The van der Waals surface area contributed by atoms with Gasteiger partial charge in [-0.1, -0.05) is 25.1 Å². The maximum Gasteiger partial charge on any atom is 0.274 e. The Balaban J connectivity index is 1.39. The zero-order valence-electron chi connectivity index (χ0n) is 17.7. The highest BCUT2D eigenvalue weighted by atomic mass is 16.6. The van der Waals surface area contributed by atoms with E-state index in [0.717, 1.165) is 6.42 Å². The second-order valence-electron chi connectivity index (χ2n) is 7.56. The van der Waals surface area contributed by atoms with Gasteiger partial charge >= 0.3 is 0 Å². The number of nitrogens with zero attached hydrogens (tertiary/aromatic N) is 5. The van der Waals surface area contributed by atoms with E-state index in [0.29, 0.717) is 37.4 Å². The largest absolute Gasteiger partial charge is 0.335 e. The van der Waals surface area contributed by atoms with Crippen LogP contribution in [-0.4, -0.2) is 62.5 Å². The topological polar surface area (TPSA) is 102 Å². The Bertz CT molecular complexity index is 1150. The van der Waals surface area contributed by atoms with E-state index in [2.05, 4.69) is 12.0 Å². The lowest BCUT2D eigenvalue weighted by Gasteiger charge is -2.34. The average Bonchev–Trinajstić information content (AvgIpc) is 3.34. The van der Waals surface area contributed by atoms with Crippen LogP contribution in [0.2, 0.25) is 0 Å². The molecule has 2 heterocycles. The first-order valence-electron chi connectivity index (χ1n) is 10.4. The number of carbonyl (C=O) groups is 2. The Hall–Kier alpha value is -4.01. The van der Waals surface area contributed by atoms with E-state index in [9.17, 15) is 19.7 Å². The number of hydrogen-bond donors (Lipinski definition) is 0. The van der Waals surface area contributed by atoms with E-state index >= 15 is 0 Å². The zero-order valence-corrected chi connectivity index (χ0v) is 17.7. The van der Waals surface area contributed by atoms with Crippen molar-refractivity contribution in [3.8, 4) is 5.69 Å². The highest BCUT2D eigenvalue weighted by Gasteiger charge is 2.26. The molecule has 0 saturated carbocycles. The summed E-state index contributed by atoms with van der Waals surface area (Å²) < 4.78 is 1.44. The zero-order chi connectivity index (χ0) is 22.7. The van der Waals surface area contributed by atoms with Crippen LogP contribution in [0.3, 0.4) is 0 Å². The lowest BCUT2D eigenvalue weighted by atomic mass is 10.1. The molecule has 0 bridgehead atoms. The van der Waals surface area contributed by atoms with Gasteiger partial charge in [0.15, 0.2) is 5.69 Å². The molecule has 0 atom stereocenters. The normalized spacial score (nSPS) is 13.8. The Kier molecular flexibility index (Phi) is 5.98. The number of piperazine rings is 1. The van der Waals surface area contributed by atoms with Gasteiger partial charge in [-0.2, -0.15) is 5.10 Å². The minimum absolute atomic E-state index is 0.0327. The monoisotopic (exact) mass is 433 g/mol. The molecule has 0 radical (unpaired) electrons. The van der Waals surface area contributed by atoms with Crippen molar-refractivity contribution in [3.05, 3.63) is 87.7 Å². The lowest BCUT2D eigenvalue weighted by molar-refractivity contribution is -0.384. The van der Waals surface area contributed by atoms with Gasteiger partial charge in [-0.25, -0.2) is 4.68 Å². The summed E-state index contributed by atoms with van der Waals surface area (Å²) in [5.41, 5.74) is 2.55. The molecule has 1 fully saturated rings. The van der Waals surface area contributed by atoms with Gasteiger partial charge in [-0.05, 0) is 36.2 Å². The molecule has 9 heteroatoms. The van der Waals surface area contributed by atoms with E-state index in [1.165, 1.54) is 22.4 Å². The summed E-state index contributed by atoms with van der Waals surface area (Å²) in [5.74, 6) is -0.261. The van der Waals surface area contributed by atoms with Crippen LogP contribution in [0.25, 0.3) is 5.69 Å². The second-order valence-corrected chi connectivity index (χ2v) is 7.56. The van der Waals surface area contributed by atoms with Gasteiger partial charge in [-0.3, -0.25) is 19.7 Å². The standard InChI is InChI=1S/C23H23N5O4/c1-2-17-6-8-18(9-7-17)22(29)25-12-14-26(15-13-25)23(30)21-10-11-27(24-21)19-4-3-5-20(16-19)28(31)32/h3-11,16H,2,12-15H2,1H3. The van der Waals surface area contributed by atoms with Crippen molar-refractivity contribution in [2.24, 2.45) is 0 Å². The van der Waals surface area contributed by atoms with Crippen LogP contribution in [0.4, 0.5) is 5.69 Å². The molecule has 0 aliphatic carbocycles. The number of nitro benzene ring substituents is 1. The highest BCUT2D eigenvalue weighted by Crippen LogP contribution is 2.17. The van der Waals surface area contributed by atoms with Crippen LogP contribution < -0.4 is 0 Å². The van der Waals surface area contributed by atoms with Crippen LogP contribution in [0.1, 0.15) is 33.3 Å². The Morgan fingerprint density at radius 2 is 1.62 bits per heavy atom. The molecule has 1 aliphatic heterocycles. The predicted molar refractivity (Wildman–Crippen MR) is 118 cm³/mol. The molecule has 0 unspecified atom stereocenters. The summed E-state index contributed by atoms with van der Waals surface area (Å²) in [5, 5.41) is 15.3. The fourth-order valence-corrected chi connectivity index (χ4v) is 3.67. The second kappa shape index (κ2) is 9.01. The molecule has 9 nitrogen and oxygen atoms in total. The fourth-order valence-electron chi connectivity index (χ4n) is 3.67. The minimum atomic E-state index is -0.474. The van der Waals surface area contributed by atoms with Gasteiger partial charge in [0.1, 0.15) is 0 Å². The molecule has 4 rings (SSSR count). The SMILES string of the molecule is CCc1ccc(C(=O)N2CCN(C(=O)c3ccn(-c4cccc([N+](=O)[O-])c4)n3)CC2)cc1. The highest BCUT2D eigenvalue weighted by molar-refractivity contribution is 5.95. The number of hydrogen-bond acceptors (Lipinski definition) is 5. The van der Waals surface area contributed by atoms with Crippen molar-refractivity contribution in [1.82, 2.24) is 19.6 Å². The number of aryl methyl sites for hydroxylation is 1. The summed E-state index contributed by atoms with van der Waals surface area (Å²) in [4.78, 5) is 39.6. The van der Waals surface area contributed by atoms with E-state index < -0.39 is 4.92 Å². The van der Waals surface area contributed by atoms with Crippen LogP contribution in [-0.2, 0) is 6.42 Å². The molecule has 2 amide bonds. The molecular formula is C23H23N5O4. The summed E-state index contributed by atoms with van der Waals surface area (Å²) >= 11 is 0. The first kappa shape index (κ1) is 21.2. The fraction of sp³-hybridized carbons (Fsp3) is 0.261. The van der Waals surface area contributed by atoms with Gasteiger partial charge in [0.2, 0.25) is 0 Å². The summed E-state index contributed by atoms with van der Waals surface area (Å²) in [6.07, 6.45) is 2.53. The van der Waals surface area contributed by atoms with Crippen molar-refractivity contribution >= 4 is 17.5 Å². The smallest absolute Gasteiger partial charge is 0.274 e. The van der Waals surface area contributed by atoms with Crippen molar-refractivity contribution in [3.63, 3.8) is 0 Å². The van der Waals surface area contributed by atoms with Gasteiger partial charge in [0.05, 0.1) is 10.6 Å². The minimum Gasteiger partial charge on any atom is -0.335 e. The first-order valence-corrected chi connectivity index (χ1v) is 10.4. The van der Waals surface area contributed by atoms with E-state index in [-0.39, 0.29) is 23.2 Å². The molecule has 164 valence electrons. The first-order chi connectivity index (χ1) is 15.5. The van der Waals surface area contributed by atoms with Gasteiger partial charge in [-0.15, -0.1) is 0 Å². The van der Waals surface area contributed by atoms with Crippen LogP contribution >= 0.6 is 0 Å². The summed E-state index contributed by atoms with van der Waals surface area (Å²) in [7, 11) is 0. The number of benzene rings is 2. The number of non-ortho nitro benzene ring substituents is 1. The van der Waals surface area contributed by atoms with Crippen molar-refractivity contribution in [2.75, 3.05) is 26.2 Å². The van der Waals surface area contributed by atoms with Gasteiger partial charge in [0, 0.05) is 50.1 Å². The van der Waals surface area contributed by atoms with Crippen molar-refractivity contribution in [2.45, 2.75) is 13.3 Å². The Morgan fingerprint density at radius 3 is 2.25 bits per heavy atom. The Labute approximate surface area is 185 Å². The quantitative estimate of drug-likeness (QED) is 0.455. The number of rotatable bonds is 5. The number of amides is 2. The predicted octanol–water partition coefficient (Wildman–Crippen LogP) is 2.94. The van der Waals surface area contributed by atoms with E-state index in [1.807, 2.05) is 24.3 Å². The van der Waals surface area contributed by atoms with Crippen LogP contribution in [0.15, 0.2) is 60.8 Å². The van der Waals surface area contributed by atoms with E-state index in [4.69, 9.17) is 0 Å². The average molecular weight is 433 g/mol. The van der Waals surface area contributed by atoms with E-state index in [1.54, 1.807) is 34.2 Å². The summed E-state index contributed by atoms with van der Waals surface area (Å²) in [6.45, 7) is 3.81. The van der Waals surface area contributed by atoms with Crippen molar-refractivity contribution in [1.29, 1.82) is 0 Å². The summed E-state index contributed by atoms with van der Waals surface area (Å²) in [6, 6.07) is 15.3. The molecule has 32 heavy (non-hydrogen) atoms. The third kappa shape index (κ3) is 4.36. The molecule has 0 N–H and O–H groups in total. The number of carbonyl (C=O) groups excluding carboxylic acids is 2. The molecule has 0 spiro atoms. The maximum atomic E-state index is 12.9. The van der Waals surface area contributed by atoms with Crippen LogP contribution in [0.5, 0.6) is 0 Å². The molecule has 1 saturated heterocycles.